The van der Waals surface area contributed by atoms with Crippen molar-refractivity contribution >= 4 is 11.9 Å². The van der Waals surface area contributed by atoms with Gasteiger partial charge in [0.2, 0.25) is 0 Å². The third kappa shape index (κ3) is 31.6. The van der Waals surface area contributed by atoms with E-state index in [-0.39, 0.29) is 13.1 Å². The van der Waals surface area contributed by atoms with Gasteiger partial charge in [-0.1, -0.05) is 103 Å². The number of carboxylic acids is 2. The molecule has 0 spiro atoms. The van der Waals surface area contributed by atoms with Gasteiger partial charge in [-0.15, -0.1) is 0 Å². The molecular weight excluding hydrogens is 380 g/mol. The first-order valence-electron chi connectivity index (χ1n) is 12.2. The van der Waals surface area contributed by atoms with Crippen molar-refractivity contribution in [2.45, 2.75) is 110 Å². The van der Waals surface area contributed by atoms with Gasteiger partial charge in [0.1, 0.15) is 0 Å². The van der Waals surface area contributed by atoms with Crippen LogP contribution in [0.25, 0.3) is 0 Å². The Morgan fingerprint density at radius 3 is 1.30 bits per heavy atom. The van der Waals surface area contributed by atoms with Crippen molar-refractivity contribution in [2.24, 2.45) is 0 Å². The second kappa shape index (κ2) is 25.9. The predicted molar refractivity (Wildman–Crippen MR) is 126 cm³/mol. The Hall–Kier alpha value is -1.14. The van der Waals surface area contributed by atoms with Crippen molar-refractivity contribution in [3.05, 3.63) is 0 Å². The average Bonchev–Trinajstić information content (AvgIpc) is 2.67. The zero-order valence-electron chi connectivity index (χ0n) is 20.1. The molecule has 3 N–H and O–H groups in total. The first-order valence-corrected chi connectivity index (χ1v) is 12.2. The molecule has 0 amide bonds. The summed E-state index contributed by atoms with van der Waals surface area (Å²) in [4.78, 5) is 22.0. The molecule has 0 aromatic heterocycles. The van der Waals surface area contributed by atoms with E-state index < -0.39 is 11.9 Å². The van der Waals surface area contributed by atoms with Gasteiger partial charge in [-0.3, -0.25) is 14.5 Å². The van der Waals surface area contributed by atoms with E-state index in [1.807, 2.05) is 11.9 Å². The van der Waals surface area contributed by atoms with Crippen LogP contribution >= 0.6 is 0 Å². The number of carbonyl (C=O) groups is 2. The van der Waals surface area contributed by atoms with E-state index in [9.17, 15) is 9.59 Å². The van der Waals surface area contributed by atoms with Gasteiger partial charge in [0, 0.05) is 0 Å². The lowest BCUT2D eigenvalue weighted by Gasteiger charge is -2.13. The Bertz CT molecular complexity index is 378. The Labute approximate surface area is 185 Å². The van der Waals surface area contributed by atoms with Gasteiger partial charge >= 0.3 is 11.9 Å². The minimum absolute atomic E-state index is 0.0417. The summed E-state index contributed by atoms with van der Waals surface area (Å²) in [5.74, 6) is -1.55. The largest absolute Gasteiger partial charge is 0.480 e. The normalized spacial score (nSPS) is 10.7. The monoisotopic (exact) mass is 430 g/mol. The van der Waals surface area contributed by atoms with Crippen molar-refractivity contribution in [3.8, 4) is 0 Å². The van der Waals surface area contributed by atoms with E-state index in [0.717, 1.165) is 13.0 Å². The lowest BCUT2D eigenvalue weighted by molar-refractivity contribution is -0.138. The fourth-order valence-corrected chi connectivity index (χ4v) is 3.39. The molecular formula is C24H50N2O4. The lowest BCUT2D eigenvalue weighted by Crippen LogP contribution is -2.26. The molecule has 0 radical (unpaired) electrons. The molecule has 0 atom stereocenters. The second-order valence-corrected chi connectivity index (χ2v) is 8.36. The Morgan fingerprint density at radius 2 is 1.03 bits per heavy atom. The quantitative estimate of drug-likeness (QED) is 0.207. The highest BCUT2D eigenvalue weighted by Crippen LogP contribution is 2.13. The lowest BCUT2D eigenvalue weighted by atomic mass is 10.0. The fraction of sp³-hybridized carbons (Fsp3) is 0.917. The van der Waals surface area contributed by atoms with Crippen molar-refractivity contribution in [1.29, 1.82) is 0 Å². The van der Waals surface area contributed by atoms with Gasteiger partial charge in [0.05, 0.1) is 13.1 Å². The van der Waals surface area contributed by atoms with Crippen molar-refractivity contribution < 1.29 is 19.8 Å². The fourth-order valence-electron chi connectivity index (χ4n) is 3.39. The maximum absolute atomic E-state index is 10.5. The molecule has 0 aliphatic carbocycles. The van der Waals surface area contributed by atoms with Crippen LogP contribution in [0.3, 0.4) is 0 Å². The number of hydrogen-bond acceptors (Lipinski definition) is 4. The van der Waals surface area contributed by atoms with E-state index in [1.165, 1.54) is 96.3 Å². The molecule has 180 valence electrons. The standard InChI is InChI=1S/C21H43NO2.C3H7NO2/c1-3-4-5-6-7-8-9-10-11-12-13-14-15-16-17-18-19-22(2)20-21(23)24;1-4-2-3(5)6/h3-20H2,1-2H3,(H,23,24);4H,2H2,1H3,(H,5,6). The van der Waals surface area contributed by atoms with Crippen molar-refractivity contribution in [2.75, 3.05) is 33.7 Å². The first-order chi connectivity index (χ1) is 14.4. The Kier molecular flexibility index (Phi) is 26.8. The van der Waals surface area contributed by atoms with Crippen LogP contribution in [0.2, 0.25) is 0 Å². The van der Waals surface area contributed by atoms with Gasteiger partial charge in [-0.05, 0) is 27.1 Å². The van der Waals surface area contributed by atoms with Crippen LogP contribution in [-0.4, -0.2) is 60.8 Å². The number of nitrogens with zero attached hydrogens (tertiary/aromatic N) is 1. The molecule has 0 aromatic carbocycles. The third-order valence-corrected chi connectivity index (χ3v) is 5.13. The molecule has 6 heteroatoms. The maximum Gasteiger partial charge on any atom is 0.317 e. The minimum atomic E-state index is -0.822. The van der Waals surface area contributed by atoms with Crippen LogP contribution in [0.4, 0.5) is 0 Å². The molecule has 30 heavy (non-hydrogen) atoms. The van der Waals surface area contributed by atoms with Crippen LogP contribution in [0, 0.1) is 0 Å². The average molecular weight is 431 g/mol. The molecule has 0 unspecified atom stereocenters. The molecule has 0 rings (SSSR count). The third-order valence-electron chi connectivity index (χ3n) is 5.13. The molecule has 6 nitrogen and oxygen atoms in total. The van der Waals surface area contributed by atoms with E-state index >= 15 is 0 Å². The Balaban J connectivity index is 0. The SMILES string of the molecule is CCCCCCCCCCCCCCCCCCN(C)CC(=O)O.CNCC(=O)O. The Morgan fingerprint density at radius 1 is 0.667 bits per heavy atom. The number of aliphatic carboxylic acids is 2. The zero-order chi connectivity index (χ0) is 22.9. The zero-order valence-corrected chi connectivity index (χ0v) is 20.1. The number of likely N-dealkylation sites (N-methyl/N-ethyl adjacent to an activating group) is 2. The maximum atomic E-state index is 10.5. The molecule has 0 saturated heterocycles. The predicted octanol–water partition coefficient (Wildman–Crippen LogP) is 5.55. The summed E-state index contributed by atoms with van der Waals surface area (Å²) in [6.07, 6.45) is 22.0. The van der Waals surface area contributed by atoms with Crippen molar-refractivity contribution in [3.63, 3.8) is 0 Å². The van der Waals surface area contributed by atoms with Gasteiger partial charge in [-0.2, -0.15) is 0 Å². The number of carboxylic acid groups (broad SMARTS) is 2. The molecule has 0 aromatic rings. The molecule has 0 saturated carbocycles. The smallest absolute Gasteiger partial charge is 0.317 e. The van der Waals surface area contributed by atoms with Crippen LogP contribution in [0.15, 0.2) is 0 Å². The number of rotatable bonds is 21. The van der Waals surface area contributed by atoms with Crippen LogP contribution in [0.1, 0.15) is 110 Å². The molecule has 0 heterocycles. The molecule has 0 aliphatic heterocycles. The molecule has 0 bridgehead atoms. The summed E-state index contributed by atoms with van der Waals surface area (Å²) in [5.41, 5.74) is 0. The topological polar surface area (TPSA) is 89.9 Å². The number of nitrogens with one attached hydrogen (secondary N) is 1. The van der Waals surface area contributed by atoms with Crippen LogP contribution in [-0.2, 0) is 9.59 Å². The minimum Gasteiger partial charge on any atom is -0.480 e. The van der Waals surface area contributed by atoms with E-state index in [1.54, 1.807) is 7.05 Å². The van der Waals surface area contributed by atoms with Crippen LogP contribution in [0.5, 0.6) is 0 Å². The van der Waals surface area contributed by atoms with Gasteiger partial charge in [0.25, 0.3) is 0 Å². The summed E-state index contributed by atoms with van der Waals surface area (Å²) < 4.78 is 0. The molecule has 0 aliphatic rings. The number of unbranched alkanes of at least 4 members (excludes halogenated alkanes) is 15. The number of hydrogen-bond donors (Lipinski definition) is 3. The summed E-state index contributed by atoms with van der Waals surface area (Å²) >= 11 is 0. The summed E-state index contributed by atoms with van der Waals surface area (Å²) in [7, 11) is 3.48. The van der Waals surface area contributed by atoms with Gasteiger partial charge in [0.15, 0.2) is 0 Å². The first kappa shape index (κ1) is 31.0. The second-order valence-electron chi connectivity index (χ2n) is 8.36. The van der Waals surface area contributed by atoms with E-state index in [0.29, 0.717) is 0 Å². The van der Waals surface area contributed by atoms with E-state index in [4.69, 9.17) is 10.2 Å². The molecule has 0 fully saturated rings. The summed E-state index contributed by atoms with van der Waals surface area (Å²) in [5, 5.41) is 19.0. The van der Waals surface area contributed by atoms with Gasteiger partial charge in [-0.25, -0.2) is 0 Å². The summed E-state index contributed by atoms with van der Waals surface area (Å²) in [6, 6.07) is 0. The van der Waals surface area contributed by atoms with Crippen molar-refractivity contribution in [1.82, 2.24) is 10.2 Å². The van der Waals surface area contributed by atoms with Crippen LogP contribution < -0.4 is 5.32 Å². The highest BCUT2D eigenvalue weighted by Gasteiger charge is 2.03. The highest BCUT2D eigenvalue weighted by molar-refractivity contribution is 5.69. The summed E-state index contributed by atoms with van der Waals surface area (Å²) in [6.45, 7) is 3.39. The van der Waals surface area contributed by atoms with Gasteiger partial charge < -0.3 is 15.5 Å². The van der Waals surface area contributed by atoms with E-state index in [2.05, 4.69) is 12.2 Å². The highest BCUT2D eigenvalue weighted by atomic mass is 16.4.